The fourth-order valence-electron chi connectivity index (χ4n) is 1.50. The third-order valence-electron chi connectivity index (χ3n) is 2.66. The van der Waals surface area contributed by atoms with Crippen LogP contribution in [-0.2, 0) is 4.79 Å². The van der Waals surface area contributed by atoms with Crippen LogP contribution in [0.4, 0.5) is 5.69 Å². The van der Waals surface area contributed by atoms with Gasteiger partial charge in [0.2, 0.25) is 0 Å². The number of aromatic nitrogens is 1. The van der Waals surface area contributed by atoms with Gasteiger partial charge in [0.25, 0.3) is 5.91 Å². The first kappa shape index (κ1) is 14.0. The quantitative estimate of drug-likeness (QED) is 0.716. The second kappa shape index (κ2) is 6.00. The van der Waals surface area contributed by atoms with Crippen molar-refractivity contribution >= 4 is 17.6 Å². The summed E-state index contributed by atoms with van der Waals surface area (Å²) in [6, 6.07) is 3.19. The van der Waals surface area contributed by atoms with Gasteiger partial charge in [-0.15, -0.1) is 0 Å². The molecule has 0 saturated carbocycles. The van der Waals surface area contributed by atoms with Gasteiger partial charge in [0, 0.05) is 12.7 Å². The molecule has 0 fully saturated rings. The third kappa shape index (κ3) is 3.44. The van der Waals surface area contributed by atoms with E-state index in [1.807, 2.05) is 0 Å². The number of aliphatic carboxylic acids is 1. The minimum atomic E-state index is -0.931. The van der Waals surface area contributed by atoms with Crippen LogP contribution in [0.15, 0.2) is 18.3 Å². The highest BCUT2D eigenvalue weighted by Crippen LogP contribution is 2.11. The van der Waals surface area contributed by atoms with Crippen molar-refractivity contribution in [1.82, 2.24) is 10.3 Å². The van der Waals surface area contributed by atoms with E-state index in [-0.39, 0.29) is 23.8 Å². The van der Waals surface area contributed by atoms with Crippen LogP contribution in [0.25, 0.3) is 0 Å². The predicted molar refractivity (Wildman–Crippen MR) is 66.9 cm³/mol. The topological polar surface area (TPSA) is 105 Å². The molecule has 1 amide bonds. The van der Waals surface area contributed by atoms with Crippen LogP contribution in [0, 0.1) is 11.8 Å². The maximum atomic E-state index is 11.8. The number of carbonyl (C=O) groups excluding carboxylic acids is 1. The van der Waals surface area contributed by atoms with Crippen LogP contribution in [0.3, 0.4) is 0 Å². The highest BCUT2D eigenvalue weighted by Gasteiger charge is 2.22. The summed E-state index contributed by atoms with van der Waals surface area (Å²) in [5.74, 6) is -2.08. The molecule has 1 rings (SSSR count). The van der Waals surface area contributed by atoms with E-state index >= 15 is 0 Å². The van der Waals surface area contributed by atoms with E-state index < -0.39 is 17.8 Å². The number of carboxylic acids is 1. The summed E-state index contributed by atoms with van der Waals surface area (Å²) in [6.45, 7) is 3.64. The van der Waals surface area contributed by atoms with Gasteiger partial charge in [-0.05, 0) is 18.1 Å². The highest BCUT2D eigenvalue weighted by molar-refractivity contribution is 5.97. The Morgan fingerprint density at radius 1 is 1.50 bits per heavy atom. The van der Waals surface area contributed by atoms with Crippen LogP contribution in [0.5, 0.6) is 0 Å². The zero-order chi connectivity index (χ0) is 13.7. The molecule has 0 radical (unpaired) electrons. The molecule has 6 nitrogen and oxygen atoms in total. The lowest BCUT2D eigenvalue weighted by atomic mass is 9.96. The summed E-state index contributed by atoms with van der Waals surface area (Å²) < 4.78 is 0. The fourth-order valence-corrected chi connectivity index (χ4v) is 1.50. The maximum absolute atomic E-state index is 11.8. The van der Waals surface area contributed by atoms with Crippen molar-refractivity contribution in [2.75, 3.05) is 12.3 Å². The number of pyridine rings is 1. The number of carbonyl (C=O) groups is 2. The summed E-state index contributed by atoms with van der Waals surface area (Å²) in [5.41, 5.74) is 5.99. The van der Waals surface area contributed by atoms with Crippen molar-refractivity contribution in [1.29, 1.82) is 0 Å². The smallest absolute Gasteiger partial charge is 0.308 e. The van der Waals surface area contributed by atoms with Gasteiger partial charge in [0.15, 0.2) is 5.69 Å². The molecule has 1 atom stereocenters. The van der Waals surface area contributed by atoms with Gasteiger partial charge in [-0.25, -0.2) is 4.98 Å². The minimum Gasteiger partial charge on any atom is -0.481 e. The Balaban J connectivity index is 2.66. The van der Waals surface area contributed by atoms with Gasteiger partial charge < -0.3 is 16.2 Å². The van der Waals surface area contributed by atoms with Crippen molar-refractivity contribution in [2.24, 2.45) is 11.8 Å². The minimum absolute atomic E-state index is 0.0574. The second-order valence-electron chi connectivity index (χ2n) is 4.34. The van der Waals surface area contributed by atoms with Crippen LogP contribution in [0.2, 0.25) is 0 Å². The number of amides is 1. The number of nitrogens with zero attached hydrogens (tertiary/aromatic N) is 1. The number of rotatable bonds is 5. The Hall–Kier alpha value is -2.11. The summed E-state index contributed by atoms with van der Waals surface area (Å²) in [6.07, 6.45) is 1.46. The van der Waals surface area contributed by atoms with E-state index in [1.165, 1.54) is 6.20 Å². The van der Waals surface area contributed by atoms with Crippen molar-refractivity contribution in [3.8, 4) is 0 Å². The summed E-state index contributed by atoms with van der Waals surface area (Å²) in [7, 11) is 0. The number of carboxylic acid groups (broad SMARTS) is 1. The molecule has 0 aliphatic heterocycles. The van der Waals surface area contributed by atoms with E-state index in [1.54, 1.807) is 26.0 Å². The van der Waals surface area contributed by atoms with Gasteiger partial charge in [-0.2, -0.15) is 0 Å². The molecule has 1 aromatic rings. The molecule has 1 unspecified atom stereocenters. The predicted octanol–water partition coefficient (Wildman–Crippen LogP) is 0.750. The van der Waals surface area contributed by atoms with Crippen molar-refractivity contribution in [3.63, 3.8) is 0 Å². The molecular weight excluding hydrogens is 234 g/mol. The molecule has 18 heavy (non-hydrogen) atoms. The number of nitrogens with two attached hydrogens (primary N) is 1. The summed E-state index contributed by atoms with van der Waals surface area (Å²) >= 11 is 0. The molecule has 4 N–H and O–H groups in total. The first-order valence-electron chi connectivity index (χ1n) is 5.65. The average Bonchev–Trinajstić information content (AvgIpc) is 2.28. The third-order valence-corrected chi connectivity index (χ3v) is 2.66. The van der Waals surface area contributed by atoms with Crippen molar-refractivity contribution in [3.05, 3.63) is 24.0 Å². The number of hydrogen-bond donors (Lipinski definition) is 3. The number of nitrogen functional groups attached to an aromatic ring is 1. The molecule has 1 aromatic heterocycles. The van der Waals surface area contributed by atoms with Gasteiger partial charge in [0.05, 0.1) is 11.6 Å². The van der Waals surface area contributed by atoms with E-state index in [4.69, 9.17) is 10.8 Å². The number of nitrogens with one attached hydrogen (secondary N) is 1. The molecule has 98 valence electrons. The lowest BCUT2D eigenvalue weighted by molar-refractivity contribution is -0.142. The van der Waals surface area contributed by atoms with Gasteiger partial charge in [-0.3, -0.25) is 9.59 Å². The van der Waals surface area contributed by atoms with E-state index in [0.717, 1.165) is 0 Å². The average molecular weight is 251 g/mol. The van der Waals surface area contributed by atoms with Crippen LogP contribution in [0.1, 0.15) is 24.3 Å². The zero-order valence-electron chi connectivity index (χ0n) is 10.4. The van der Waals surface area contributed by atoms with E-state index in [2.05, 4.69) is 10.3 Å². The normalized spacial score (nSPS) is 12.2. The standard InChI is InChI=1S/C12H17N3O3/c1-7(2)8(12(17)18)6-15-11(16)10-9(13)4-3-5-14-10/h3-5,7-8H,6,13H2,1-2H3,(H,15,16)(H,17,18). The Morgan fingerprint density at radius 2 is 2.17 bits per heavy atom. The summed E-state index contributed by atoms with van der Waals surface area (Å²) in [4.78, 5) is 26.6. The molecule has 1 heterocycles. The van der Waals surface area contributed by atoms with Crippen molar-refractivity contribution in [2.45, 2.75) is 13.8 Å². The van der Waals surface area contributed by atoms with Crippen molar-refractivity contribution < 1.29 is 14.7 Å². The number of anilines is 1. The molecule has 0 aliphatic rings. The molecule has 6 heteroatoms. The zero-order valence-corrected chi connectivity index (χ0v) is 10.4. The summed E-state index contributed by atoms with van der Waals surface area (Å²) in [5, 5.41) is 11.5. The molecular formula is C12H17N3O3. The molecule has 0 aromatic carbocycles. The lowest BCUT2D eigenvalue weighted by Crippen LogP contribution is -2.36. The fraction of sp³-hybridized carbons (Fsp3) is 0.417. The van der Waals surface area contributed by atoms with E-state index in [9.17, 15) is 9.59 Å². The molecule has 0 saturated heterocycles. The Bertz CT molecular complexity index is 446. The first-order chi connectivity index (χ1) is 8.43. The molecule has 0 bridgehead atoms. The maximum Gasteiger partial charge on any atom is 0.308 e. The van der Waals surface area contributed by atoms with Crippen LogP contribution in [-0.4, -0.2) is 28.5 Å². The molecule has 0 aliphatic carbocycles. The van der Waals surface area contributed by atoms with Gasteiger partial charge >= 0.3 is 5.97 Å². The molecule has 0 spiro atoms. The lowest BCUT2D eigenvalue weighted by Gasteiger charge is -2.16. The monoisotopic (exact) mass is 251 g/mol. The van der Waals surface area contributed by atoms with Crippen LogP contribution >= 0.6 is 0 Å². The number of hydrogen-bond acceptors (Lipinski definition) is 4. The highest BCUT2D eigenvalue weighted by atomic mass is 16.4. The van der Waals surface area contributed by atoms with Crippen LogP contribution < -0.4 is 11.1 Å². The SMILES string of the molecule is CC(C)C(CNC(=O)c1ncccc1N)C(=O)O. The Kier molecular flexibility index (Phi) is 4.65. The van der Waals surface area contributed by atoms with Gasteiger partial charge in [-0.1, -0.05) is 13.8 Å². The largest absolute Gasteiger partial charge is 0.481 e. The Morgan fingerprint density at radius 3 is 2.67 bits per heavy atom. The first-order valence-corrected chi connectivity index (χ1v) is 5.65. The second-order valence-corrected chi connectivity index (χ2v) is 4.34. The Labute approximate surface area is 105 Å². The van der Waals surface area contributed by atoms with E-state index in [0.29, 0.717) is 0 Å². The van der Waals surface area contributed by atoms with Gasteiger partial charge in [0.1, 0.15) is 0 Å².